The Balaban J connectivity index is 1.87. The topological polar surface area (TPSA) is 64.2 Å². The number of likely N-dealkylation sites (tertiary alicyclic amines) is 1. The largest absolute Gasteiger partial charge is 0.337 e. The summed E-state index contributed by atoms with van der Waals surface area (Å²) in [5.74, 6) is -0.623. The Bertz CT molecular complexity index is 740. The Morgan fingerprint density at radius 1 is 1.35 bits per heavy atom. The molecule has 1 aromatic carbocycles. The van der Waals surface area contributed by atoms with Crippen LogP contribution in [0.5, 0.6) is 0 Å². The first-order valence-corrected chi connectivity index (χ1v) is 7.84. The van der Waals surface area contributed by atoms with Crippen molar-refractivity contribution < 1.29 is 9.18 Å². The van der Waals surface area contributed by atoms with Gasteiger partial charge in [0.2, 0.25) is 0 Å². The number of amides is 1. The predicted octanol–water partition coefficient (Wildman–Crippen LogP) is 2.19. The summed E-state index contributed by atoms with van der Waals surface area (Å²) in [6.45, 7) is 4.93. The number of piperidine rings is 1. The van der Waals surface area contributed by atoms with Crippen molar-refractivity contribution in [2.75, 3.05) is 13.1 Å². The quantitative estimate of drug-likeness (QED) is 0.924. The van der Waals surface area contributed by atoms with Crippen LogP contribution in [0, 0.1) is 19.7 Å². The lowest BCUT2D eigenvalue weighted by molar-refractivity contribution is 0.0708. The number of nitrogens with zero attached hydrogens (tertiary/aromatic N) is 3. The second-order valence-corrected chi connectivity index (χ2v) is 6.16. The third kappa shape index (κ3) is 3.12. The van der Waals surface area contributed by atoms with Crippen molar-refractivity contribution in [3.05, 3.63) is 47.0 Å². The van der Waals surface area contributed by atoms with Gasteiger partial charge in [-0.15, -0.1) is 0 Å². The number of aromatic nitrogens is 2. The van der Waals surface area contributed by atoms with Crippen molar-refractivity contribution in [1.29, 1.82) is 0 Å². The summed E-state index contributed by atoms with van der Waals surface area (Å²) < 4.78 is 16.0. The summed E-state index contributed by atoms with van der Waals surface area (Å²) in [6, 6.07) is 6.43. The lowest BCUT2D eigenvalue weighted by Crippen LogP contribution is -2.45. The standard InChI is InChI=1S/C17H21FN4O/c1-11-8-12(2)22(20-11)16-6-5-13(9-15(16)18)17(23)21-7-3-4-14(19)10-21/h5-6,8-9,14H,3-4,7,10,19H2,1-2H3. The van der Waals surface area contributed by atoms with Gasteiger partial charge in [-0.25, -0.2) is 9.07 Å². The molecule has 6 heteroatoms. The summed E-state index contributed by atoms with van der Waals surface area (Å²) in [7, 11) is 0. The van der Waals surface area contributed by atoms with E-state index in [4.69, 9.17) is 5.73 Å². The lowest BCUT2D eigenvalue weighted by Gasteiger charge is -2.30. The van der Waals surface area contributed by atoms with E-state index in [-0.39, 0.29) is 11.9 Å². The number of hydrogen-bond donors (Lipinski definition) is 1. The van der Waals surface area contributed by atoms with E-state index in [1.54, 1.807) is 21.7 Å². The van der Waals surface area contributed by atoms with Crippen LogP contribution in [0.3, 0.4) is 0 Å². The van der Waals surface area contributed by atoms with Gasteiger partial charge in [0, 0.05) is 30.4 Å². The number of carbonyl (C=O) groups excluding carboxylic acids is 1. The van der Waals surface area contributed by atoms with Gasteiger partial charge in [-0.3, -0.25) is 4.79 Å². The molecule has 0 spiro atoms. The van der Waals surface area contributed by atoms with Crippen LogP contribution < -0.4 is 5.73 Å². The minimum atomic E-state index is -0.455. The highest BCUT2D eigenvalue weighted by Gasteiger charge is 2.23. The Morgan fingerprint density at radius 3 is 2.74 bits per heavy atom. The third-order valence-corrected chi connectivity index (χ3v) is 4.18. The van der Waals surface area contributed by atoms with Crippen LogP contribution in [0.2, 0.25) is 0 Å². The molecular weight excluding hydrogens is 295 g/mol. The highest BCUT2D eigenvalue weighted by Crippen LogP contribution is 2.19. The van der Waals surface area contributed by atoms with Gasteiger partial charge in [0.15, 0.2) is 0 Å². The van der Waals surface area contributed by atoms with Crippen molar-refractivity contribution in [3.63, 3.8) is 0 Å². The molecule has 3 rings (SSSR count). The van der Waals surface area contributed by atoms with Crippen LogP contribution in [-0.2, 0) is 0 Å². The summed E-state index contributed by atoms with van der Waals surface area (Å²) in [6.07, 6.45) is 1.81. The first-order chi connectivity index (χ1) is 11.0. The van der Waals surface area contributed by atoms with E-state index in [0.717, 1.165) is 24.2 Å². The van der Waals surface area contributed by atoms with E-state index in [1.165, 1.54) is 6.07 Å². The summed E-state index contributed by atoms with van der Waals surface area (Å²) >= 11 is 0. The van der Waals surface area contributed by atoms with Gasteiger partial charge in [0.05, 0.1) is 5.69 Å². The van der Waals surface area contributed by atoms with Gasteiger partial charge in [0.25, 0.3) is 5.91 Å². The zero-order chi connectivity index (χ0) is 16.6. The molecule has 2 N–H and O–H groups in total. The third-order valence-electron chi connectivity index (χ3n) is 4.18. The highest BCUT2D eigenvalue weighted by atomic mass is 19.1. The second kappa shape index (κ2) is 6.12. The van der Waals surface area contributed by atoms with E-state index in [9.17, 15) is 9.18 Å². The maximum Gasteiger partial charge on any atom is 0.254 e. The Kier molecular flexibility index (Phi) is 4.17. The molecule has 2 aromatic rings. The number of hydrogen-bond acceptors (Lipinski definition) is 3. The maximum atomic E-state index is 14.5. The molecule has 23 heavy (non-hydrogen) atoms. The van der Waals surface area contributed by atoms with Crippen molar-refractivity contribution in [1.82, 2.24) is 14.7 Å². The predicted molar refractivity (Wildman–Crippen MR) is 86.1 cm³/mol. The fourth-order valence-corrected chi connectivity index (χ4v) is 3.06. The maximum absolute atomic E-state index is 14.5. The molecule has 1 aliphatic rings. The van der Waals surface area contributed by atoms with E-state index in [2.05, 4.69) is 5.10 Å². The number of nitrogens with two attached hydrogens (primary N) is 1. The molecule has 2 heterocycles. The molecule has 1 aliphatic heterocycles. The molecule has 0 saturated carbocycles. The average molecular weight is 316 g/mol. The van der Waals surface area contributed by atoms with Crippen molar-refractivity contribution >= 4 is 5.91 Å². The van der Waals surface area contributed by atoms with Gasteiger partial charge in [-0.05, 0) is 51.0 Å². The molecule has 122 valence electrons. The molecule has 1 amide bonds. The summed E-state index contributed by atoms with van der Waals surface area (Å²) in [5.41, 5.74) is 8.28. The molecule has 0 bridgehead atoms. The van der Waals surface area contributed by atoms with Crippen LogP contribution in [0.4, 0.5) is 4.39 Å². The highest BCUT2D eigenvalue weighted by molar-refractivity contribution is 5.94. The molecule has 1 aromatic heterocycles. The van der Waals surface area contributed by atoms with Gasteiger partial charge in [-0.1, -0.05) is 0 Å². The minimum Gasteiger partial charge on any atom is -0.337 e. The minimum absolute atomic E-state index is 0.00604. The summed E-state index contributed by atoms with van der Waals surface area (Å²) in [5, 5.41) is 4.28. The van der Waals surface area contributed by atoms with E-state index >= 15 is 0 Å². The van der Waals surface area contributed by atoms with E-state index in [1.807, 2.05) is 19.9 Å². The molecule has 0 radical (unpaired) electrons. The Morgan fingerprint density at radius 2 is 2.13 bits per heavy atom. The normalized spacial score (nSPS) is 18.3. The molecule has 5 nitrogen and oxygen atoms in total. The van der Waals surface area contributed by atoms with Crippen molar-refractivity contribution in [2.24, 2.45) is 5.73 Å². The van der Waals surface area contributed by atoms with Crippen LogP contribution in [0.15, 0.2) is 24.3 Å². The second-order valence-electron chi connectivity index (χ2n) is 6.16. The number of rotatable bonds is 2. The fourth-order valence-electron chi connectivity index (χ4n) is 3.06. The molecule has 1 fully saturated rings. The lowest BCUT2D eigenvalue weighted by atomic mass is 10.1. The van der Waals surface area contributed by atoms with Crippen LogP contribution in [-0.4, -0.2) is 39.7 Å². The molecular formula is C17H21FN4O. The van der Waals surface area contributed by atoms with Gasteiger partial charge in [-0.2, -0.15) is 5.10 Å². The van der Waals surface area contributed by atoms with Crippen molar-refractivity contribution in [2.45, 2.75) is 32.7 Å². The van der Waals surface area contributed by atoms with Crippen LogP contribution in [0.1, 0.15) is 34.6 Å². The first-order valence-electron chi connectivity index (χ1n) is 7.84. The van der Waals surface area contributed by atoms with Crippen LogP contribution >= 0.6 is 0 Å². The number of carbonyl (C=O) groups is 1. The molecule has 0 aliphatic carbocycles. The molecule has 1 unspecified atom stereocenters. The zero-order valence-corrected chi connectivity index (χ0v) is 13.4. The number of halogens is 1. The summed E-state index contributed by atoms with van der Waals surface area (Å²) in [4.78, 5) is 14.2. The first kappa shape index (κ1) is 15.7. The number of benzene rings is 1. The number of aryl methyl sites for hydroxylation is 2. The fraction of sp³-hybridized carbons (Fsp3) is 0.412. The van der Waals surface area contributed by atoms with Crippen LogP contribution in [0.25, 0.3) is 5.69 Å². The Hall–Kier alpha value is -2.21. The zero-order valence-electron chi connectivity index (χ0n) is 13.4. The van der Waals surface area contributed by atoms with Gasteiger partial charge < -0.3 is 10.6 Å². The van der Waals surface area contributed by atoms with Gasteiger partial charge in [0.1, 0.15) is 11.5 Å². The monoisotopic (exact) mass is 316 g/mol. The molecule has 1 saturated heterocycles. The average Bonchev–Trinajstić information content (AvgIpc) is 2.85. The SMILES string of the molecule is Cc1cc(C)n(-c2ccc(C(=O)N3CCCC(N)C3)cc2F)n1. The van der Waals surface area contributed by atoms with Gasteiger partial charge >= 0.3 is 0 Å². The van der Waals surface area contributed by atoms with Crippen molar-refractivity contribution in [3.8, 4) is 5.69 Å². The van der Waals surface area contributed by atoms with E-state index < -0.39 is 5.82 Å². The molecule has 1 atom stereocenters. The smallest absolute Gasteiger partial charge is 0.254 e. The van der Waals surface area contributed by atoms with E-state index in [0.29, 0.717) is 24.3 Å². The Labute approximate surface area is 134 Å².